The lowest BCUT2D eigenvalue weighted by molar-refractivity contribution is -0.205. The quantitative estimate of drug-likeness (QED) is 0.636. The first-order valence-corrected chi connectivity index (χ1v) is 4.56. The highest BCUT2D eigenvalue weighted by Gasteiger charge is 2.31. The Labute approximate surface area is 83.5 Å². The summed E-state index contributed by atoms with van der Waals surface area (Å²) in [6.45, 7) is 7.02. The molecule has 0 aromatic carbocycles. The predicted octanol–water partition coefficient (Wildman–Crippen LogP) is 1.28. The van der Waals surface area contributed by atoms with E-state index in [1.165, 1.54) is 6.08 Å². The first-order chi connectivity index (χ1) is 6.32. The number of hydrogen-bond acceptors (Lipinski definition) is 3. The number of hydrogen-bond donors (Lipinski definition) is 0. The van der Waals surface area contributed by atoms with Gasteiger partial charge in [-0.2, -0.15) is 5.06 Å². The average molecular weight is 197 g/mol. The molecular formula is C10H15NO3. The van der Waals surface area contributed by atoms with Crippen molar-refractivity contribution in [2.75, 3.05) is 0 Å². The molecule has 0 spiro atoms. The summed E-state index contributed by atoms with van der Waals surface area (Å²) in [5.74, 6) is -0.684. The van der Waals surface area contributed by atoms with Gasteiger partial charge in [0.2, 0.25) is 0 Å². The van der Waals surface area contributed by atoms with Gasteiger partial charge < -0.3 is 4.84 Å². The van der Waals surface area contributed by atoms with E-state index in [4.69, 9.17) is 4.84 Å². The van der Waals surface area contributed by atoms with Crippen LogP contribution in [0.5, 0.6) is 0 Å². The Hall–Kier alpha value is -1.32. The van der Waals surface area contributed by atoms with Crippen molar-refractivity contribution in [1.82, 2.24) is 5.06 Å². The van der Waals surface area contributed by atoms with Gasteiger partial charge in [0.15, 0.2) is 0 Å². The van der Waals surface area contributed by atoms with Crippen LogP contribution in [-0.2, 0) is 14.4 Å². The maximum absolute atomic E-state index is 11.5. The fraction of sp³-hybridized carbons (Fsp3) is 0.600. The molecule has 0 N–H and O–H groups in total. The van der Waals surface area contributed by atoms with Gasteiger partial charge in [0, 0.05) is 6.08 Å². The molecule has 1 amide bonds. The second-order valence-electron chi connectivity index (χ2n) is 4.39. The lowest BCUT2D eigenvalue weighted by Crippen LogP contribution is -2.38. The molecule has 0 saturated heterocycles. The highest BCUT2D eigenvalue weighted by Crippen LogP contribution is 2.19. The fourth-order valence-corrected chi connectivity index (χ4v) is 0.928. The molecule has 14 heavy (non-hydrogen) atoms. The van der Waals surface area contributed by atoms with E-state index in [0.29, 0.717) is 0 Å². The van der Waals surface area contributed by atoms with E-state index in [2.05, 4.69) is 0 Å². The van der Waals surface area contributed by atoms with Crippen LogP contribution in [0, 0.1) is 5.41 Å². The summed E-state index contributed by atoms with van der Waals surface area (Å²) in [7, 11) is 0. The van der Waals surface area contributed by atoms with E-state index >= 15 is 0 Å². The maximum Gasteiger partial charge on any atom is 0.337 e. The first-order valence-electron chi connectivity index (χ1n) is 4.56. The fourth-order valence-electron chi connectivity index (χ4n) is 0.928. The minimum absolute atomic E-state index is 0.172. The van der Waals surface area contributed by atoms with Crippen molar-refractivity contribution in [3.63, 3.8) is 0 Å². The first kappa shape index (κ1) is 10.8. The van der Waals surface area contributed by atoms with Gasteiger partial charge in [0.1, 0.15) is 0 Å². The van der Waals surface area contributed by atoms with E-state index in [0.717, 1.165) is 5.06 Å². The van der Waals surface area contributed by atoms with Gasteiger partial charge in [-0.15, -0.1) is 0 Å². The van der Waals surface area contributed by atoms with Crippen LogP contribution < -0.4 is 0 Å². The monoisotopic (exact) mass is 197 g/mol. The highest BCUT2D eigenvalue weighted by molar-refractivity contribution is 5.91. The van der Waals surface area contributed by atoms with Crippen molar-refractivity contribution >= 4 is 11.9 Å². The molecule has 0 saturated carbocycles. The molecule has 0 unspecified atom stereocenters. The maximum atomic E-state index is 11.5. The standard InChI is InChI=1S/C10H15NO3/c1-7-5-6-8(12)11(7)14-9(13)10(2,3)4/h5-7H,1-4H3/t7-/m1/s1. The molecule has 4 nitrogen and oxygen atoms in total. The lowest BCUT2D eigenvalue weighted by Gasteiger charge is -2.24. The number of carbonyl (C=O) groups is 2. The zero-order valence-corrected chi connectivity index (χ0v) is 8.90. The number of amides is 1. The molecule has 1 aliphatic heterocycles. The molecule has 4 heteroatoms. The van der Waals surface area contributed by atoms with Gasteiger partial charge in [-0.25, -0.2) is 4.79 Å². The molecule has 0 aromatic heterocycles. The predicted molar refractivity (Wildman–Crippen MR) is 51.0 cm³/mol. The number of rotatable bonds is 1. The van der Waals surface area contributed by atoms with Crippen LogP contribution in [0.1, 0.15) is 27.7 Å². The van der Waals surface area contributed by atoms with E-state index in [1.807, 2.05) is 0 Å². The molecule has 0 aliphatic carbocycles. The van der Waals surface area contributed by atoms with Crippen LogP contribution in [0.25, 0.3) is 0 Å². The number of carbonyl (C=O) groups excluding carboxylic acids is 2. The largest absolute Gasteiger partial charge is 0.337 e. The molecule has 0 fully saturated rings. The second kappa shape index (κ2) is 3.44. The molecule has 1 rings (SSSR count). The van der Waals surface area contributed by atoms with Crippen molar-refractivity contribution in [3.8, 4) is 0 Å². The number of hydroxylamine groups is 2. The average Bonchev–Trinajstić information content (AvgIpc) is 2.34. The van der Waals surface area contributed by atoms with Crippen molar-refractivity contribution in [2.45, 2.75) is 33.7 Å². The second-order valence-corrected chi connectivity index (χ2v) is 4.39. The van der Waals surface area contributed by atoms with Gasteiger partial charge in [0.05, 0.1) is 11.5 Å². The molecule has 0 bridgehead atoms. The molecule has 1 aliphatic rings. The van der Waals surface area contributed by atoms with Gasteiger partial charge >= 0.3 is 5.97 Å². The van der Waals surface area contributed by atoms with Crippen LogP contribution >= 0.6 is 0 Å². The highest BCUT2D eigenvalue weighted by atomic mass is 16.7. The molecule has 0 radical (unpaired) electrons. The minimum Gasteiger partial charge on any atom is -0.337 e. The Bertz CT molecular complexity index is 288. The van der Waals surface area contributed by atoms with Crippen LogP contribution in [0.4, 0.5) is 0 Å². The Morgan fingerprint density at radius 2 is 2.07 bits per heavy atom. The molecule has 0 aromatic rings. The lowest BCUT2D eigenvalue weighted by atomic mass is 9.98. The normalized spacial score (nSPS) is 21.6. The molecule has 78 valence electrons. The summed E-state index contributed by atoms with van der Waals surface area (Å²) in [6, 6.07) is -0.172. The van der Waals surface area contributed by atoms with Crippen molar-refractivity contribution in [3.05, 3.63) is 12.2 Å². The van der Waals surface area contributed by atoms with Crippen LogP contribution in [-0.4, -0.2) is 23.0 Å². The molecule has 1 heterocycles. The summed E-state index contributed by atoms with van der Waals surface area (Å²) in [6.07, 6.45) is 3.10. The molecular weight excluding hydrogens is 182 g/mol. The summed E-state index contributed by atoms with van der Waals surface area (Å²) in [4.78, 5) is 27.7. The van der Waals surface area contributed by atoms with Crippen LogP contribution in [0.2, 0.25) is 0 Å². The smallest absolute Gasteiger partial charge is 0.337 e. The summed E-state index contributed by atoms with van der Waals surface area (Å²) < 4.78 is 0. The Morgan fingerprint density at radius 1 is 1.50 bits per heavy atom. The van der Waals surface area contributed by atoms with Crippen molar-refractivity contribution < 1.29 is 14.4 Å². The minimum atomic E-state index is -0.595. The van der Waals surface area contributed by atoms with Gasteiger partial charge in [0.25, 0.3) is 5.91 Å². The summed E-state index contributed by atoms with van der Waals surface area (Å²) in [5.41, 5.74) is -0.595. The van der Waals surface area contributed by atoms with Crippen molar-refractivity contribution in [1.29, 1.82) is 0 Å². The number of nitrogens with zero attached hydrogens (tertiary/aromatic N) is 1. The van der Waals surface area contributed by atoms with Crippen molar-refractivity contribution in [2.24, 2.45) is 5.41 Å². The van der Waals surface area contributed by atoms with Gasteiger partial charge in [-0.1, -0.05) is 6.08 Å². The Morgan fingerprint density at radius 3 is 2.43 bits per heavy atom. The van der Waals surface area contributed by atoms with Crippen LogP contribution in [0.15, 0.2) is 12.2 Å². The zero-order valence-electron chi connectivity index (χ0n) is 8.90. The third-order valence-corrected chi connectivity index (χ3v) is 1.90. The van der Waals surface area contributed by atoms with E-state index in [1.54, 1.807) is 33.8 Å². The van der Waals surface area contributed by atoms with Crippen LogP contribution in [0.3, 0.4) is 0 Å². The summed E-state index contributed by atoms with van der Waals surface area (Å²) >= 11 is 0. The Kier molecular flexibility index (Phi) is 2.64. The van der Waals surface area contributed by atoms with E-state index in [9.17, 15) is 9.59 Å². The third kappa shape index (κ3) is 2.13. The SMILES string of the molecule is C[C@@H]1C=CC(=O)N1OC(=O)C(C)(C)C. The van der Waals surface area contributed by atoms with Gasteiger partial charge in [-0.05, 0) is 27.7 Å². The van der Waals surface area contributed by atoms with E-state index < -0.39 is 11.4 Å². The zero-order chi connectivity index (χ0) is 10.9. The Balaban J connectivity index is 2.62. The molecule has 1 atom stereocenters. The van der Waals surface area contributed by atoms with E-state index in [-0.39, 0.29) is 11.9 Å². The topological polar surface area (TPSA) is 46.6 Å². The van der Waals surface area contributed by atoms with Gasteiger partial charge in [-0.3, -0.25) is 4.79 Å². The third-order valence-electron chi connectivity index (χ3n) is 1.90. The summed E-state index contributed by atoms with van der Waals surface area (Å²) in [5, 5.41) is 1.09.